The van der Waals surface area contributed by atoms with Crippen LogP contribution in [0.3, 0.4) is 0 Å². The van der Waals surface area contributed by atoms with Crippen LogP contribution in [0.4, 0.5) is 0 Å². The van der Waals surface area contributed by atoms with E-state index < -0.39 is 0 Å². The minimum atomic E-state index is 0.953. The van der Waals surface area contributed by atoms with Crippen molar-refractivity contribution in [2.75, 3.05) is 13.1 Å². The number of nitrogens with one attached hydrogen (secondary N) is 1. The van der Waals surface area contributed by atoms with Crippen molar-refractivity contribution in [1.82, 2.24) is 5.32 Å². The first kappa shape index (κ1) is 11.0. The molecule has 1 aromatic rings. The maximum absolute atomic E-state index is 3.27. The van der Waals surface area contributed by atoms with E-state index in [4.69, 9.17) is 0 Å². The summed E-state index contributed by atoms with van der Waals surface area (Å²) in [6.07, 6.45) is 5.47. The van der Waals surface area contributed by atoms with Gasteiger partial charge in [-0.15, -0.1) is 0 Å². The van der Waals surface area contributed by atoms with Crippen LogP contribution in [0.2, 0.25) is 0 Å². The number of benzene rings is 1. The summed E-state index contributed by atoms with van der Waals surface area (Å²) in [7, 11) is 0. The van der Waals surface area contributed by atoms with E-state index in [0.717, 1.165) is 19.5 Å². The van der Waals surface area contributed by atoms with Crippen molar-refractivity contribution in [3.8, 4) is 0 Å². The molecule has 0 bridgehead atoms. The van der Waals surface area contributed by atoms with Crippen molar-refractivity contribution in [2.24, 2.45) is 0 Å². The van der Waals surface area contributed by atoms with Crippen molar-refractivity contribution in [1.29, 1.82) is 0 Å². The Morgan fingerprint density at radius 2 is 2.00 bits per heavy atom. The van der Waals surface area contributed by atoms with Gasteiger partial charge < -0.3 is 5.32 Å². The fraction of sp³-hybridized carbons (Fsp3) is 0.385. The number of hydrogen-bond donors (Lipinski definition) is 1. The molecule has 1 heteroatoms. The van der Waals surface area contributed by atoms with Gasteiger partial charge in [0.25, 0.3) is 0 Å². The molecule has 0 saturated heterocycles. The SMILES string of the molecule is CCNCC=Cc1ccccc1CC. The molecule has 0 unspecified atom stereocenters. The third-order valence-corrected chi connectivity index (χ3v) is 2.25. The van der Waals surface area contributed by atoms with Crippen LogP contribution in [0.1, 0.15) is 25.0 Å². The fourth-order valence-electron chi connectivity index (χ4n) is 1.43. The monoisotopic (exact) mass is 189 g/mol. The first-order valence-corrected chi connectivity index (χ1v) is 5.33. The normalized spacial score (nSPS) is 11.0. The summed E-state index contributed by atoms with van der Waals surface area (Å²) in [4.78, 5) is 0. The van der Waals surface area contributed by atoms with Crippen LogP contribution in [0.5, 0.6) is 0 Å². The molecule has 0 fully saturated rings. The van der Waals surface area contributed by atoms with Gasteiger partial charge in [0.2, 0.25) is 0 Å². The number of rotatable bonds is 5. The summed E-state index contributed by atoms with van der Waals surface area (Å²) >= 11 is 0. The average Bonchev–Trinajstić information content (AvgIpc) is 2.25. The first-order chi connectivity index (χ1) is 6.88. The third kappa shape index (κ3) is 3.35. The minimum Gasteiger partial charge on any atom is -0.314 e. The van der Waals surface area contributed by atoms with Crippen LogP contribution in [-0.4, -0.2) is 13.1 Å². The average molecular weight is 189 g/mol. The lowest BCUT2D eigenvalue weighted by molar-refractivity contribution is 0.801. The Hall–Kier alpha value is -1.08. The van der Waals surface area contributed by atoms with Crippen molar-refractivity contribution < 1.29 is 0 Å². The quantitative estimate of drug-likeness (QED) is 0.702. The minimum absolute atomic E-state index is 0.953. The van der Waals surface area contributed by atoms with Gasteiger partial charge in [0.1, 0.15) is 0 Å². The van der Waals surface area contributed by atoms with E-state index in [9.17, 15) is 0 Å². The van der Waals surface area contributed by atoms with E-state index in [0.29, 0.717) is 0 Å². The van der Waals surface area contributed by atoms with E-state index in [1.165, 1.54) is 11.1 Å². The summed E-state index contributed by atoms with van der Waals surface area (Å²) < 4.78 is 0. The summed E-state index contributed by atoms with van der Waals surface area (Å²) in [5.74, 6) is 0. The summed E-state index contributed by atoms with van der Waals surface area (Å²) in [5.41, 5.74) is 2.76. The van der Waals surface area contributed by atoms with Crippen LogP contribution in [-0.2, 0) is 6.42 Å². The number of aryl methyl sites for hydroxylation is 1. The van der Waals surface area contributed by atoms with Gasteiger partial charge in [-0.2, -0.15) is 0 Å². The highest BCUT2D eigenvalue weighted by atomic mass is 14.8. The van der Waals surface area contributed by atoms with Gasteiger partial charge >= 0.3 is 0 Å². The Morgan fingerprint density at radius 3 is 2.71 bits per heavy atom. The number of hydrogen-bond acceptors (Lipinski definition) is 1. The van der Waals surface area contributed by atoms with Crippen molar-refractivity contribution in [3.63, 3.8) is 0 Å². The lowest BCUT2D eigenvalue weighted by Crippen LogP contribution is -2.11. The van der Waals surface area contributed by atoms with Crippen molar-refractivity contribution in [2.45, 2.75) is 20.3 Å². The van der Waals surface area contributed by atoms with Gasteiger partial charge in [-0.25, -0.2) is 0 Å². The van der Waals surface area contributed by atoms with E-state index >= 15 is 0 Å². The Morgan fingerprint density at radius 1 is 1.21 bits per heavy atom. The zero-order chi connectivity index (χ0) is 10.2. The van der Waals surface area contributed by atoms with Gasteiger partial charge in [0.15, 0.2) is 0 Å². The molecule has 76 valence electrons. The molecular formula is C13H19N. The largest absolute Gasteiger partial charge is 0.314 e. The van der Waals surface area contributed by atoms with Gasteiger partial charge in [0.05, 0.1) is 0 Å². The molecule has 1 N–H and O–H groups in total. The molecule has 1 nitrogen and oxygen atoms in total. The van der Waals surface area contributed by atoms with E-state index in [2.05, 4.69) is 55.6 Å². The molecule has 1 aromatic carbocycles. The summed E-state index contributed by atoms with van der Waals surface area (Å²) in [6, 6.07) is 8.54. The lowest BCUT2D eigenvalue weighted by Gasteiger charge is -2.01. The Balaban J connectivity index is 2.61. The highest BCUT2D eigenvalue weighted by Crippen LogP contribution is 2.10. The van der Waals surface area contributed by atoms with E-state index in [1.54, 1.807) is 0 Å². The van der Waals surface area contributed by atoms with Crippen molar-refractivity contribution >= 4 is 6.08 Å². The Bertz CT molecular complexity index is 289. The smallest absolute Gasteiger partial charge is 0.0138 e. The van der Waals surface area contributed by atoms with Crippen LogP contribution < -0.4 is 5.32 Å². The Kier molecular flexibility index (Phi) is 5.02. The van der Waals surface area contributed by atoms with E-state index in [-0.39, 0.29) is 0 Å². The van der Waals surface area contributed by atoms with Gasteiger partial charge in [0, 0.05) is 6.54 Å². The summed E-state index contributed by atoms with van der Waals surface area (Å²) in [5, 5.41) is 3.27. The molecule has 0 aliphatic carbocycles. The molecule has 0 saturated carbocycles. The zero-order valence-corrected chi connectivity index (χ0v) is 9.09. The second-order valence-corrected chi connectivity index (χ2v) is 3.26. The molecule has 0 spiro atoms. The standard InChI is InChI=1S/C13H19N/c1-3-12-8-5-6-9-13(12)10-7-11-14-4-2/h5-10,14H,3-4,11H2,1-2H3. The second kappa shape index (κ2) is 6.39. The van der Waals surface area contributed by atoms with Gasteiger partial charge in [-0.3, -0.25) is 0 Å². The van der Waals surface area contributed by atoms with Crippen molar-refractivity contribution in [3.05, 3.63) is 41.5 Å². The maximum atomic E-state index is 3.27. The molecule has 0 aromatic heterocycles. The molecule has 0 atom stereocenters. The molecule has 1 rings (SSSR count). The predicted octanol–water partition coefficient (Wildman–Crippen LogP) is 2.87. The molecule has 14 heavy (non-hydrogen) atoms. The molecule has 0 heterocycles. The first-order valence-electron chi connectivity index (χ1n) is 5.33. The zero-order valence-electron chi connectivity index (χ0n) is 9.09. The highest BCUT2D eigenvalue weighted by Gasteiger charge is 1.93. The lowest BCUT2D eigenvalue weighted by atomic mass is 10.1. The van der Waals surface area contributed by atoms with Gasteiger partial charge in [-0.1, -0.05) is 50.3 Å². The van der Waals surface area contributed by atoms with Crippen LogP contribution >= 0.6 is 0 Å². The number of likely N-dealkylation sites (N-methyl/N-ethyl adjacent to an activating group) is 1. The maximum Gasteiger partial charge on any atom is 0.0138 e. The molecule has 0 radical (unpaired) electrons. The van der Waals surface area contributed by atoms with Crippen LogP contribution in [0.15, 0.2) is 30.3 Å². The van der Waals surface area contributed by atoms with Crippen LogP contribution in [0, 0.1) is 0 Å². The topological polar surface area (TPSA) is 12.0 Å². The summed E-state index contributed by atoms with van der Waals surface area (Å²) in [6.45, 7) is 6.29. The third-order valence-electron chi connectivity index (χ3n) is 2.25. The van der Waals surface area contributed by atoms with Crippen LogP contribution in [0.25, 0.3) is 6.08 Å². The Labute approximate surface area is 86.8 Å². The predicted molar refractivity (Wildman–Crippen MR) is 63.4 cm³/mol. The molecule has 0 aliphatic rings. The van der Waals surface area contributed by atoms with E-state index in [1.807, 2.05) is 0 Å². The van der Waals surface area contributed by atoms with Gasteiger partial charge in [-0.05, 0) is 24.1 Å². The highest BCUT2D eigenvalue weighted by molar-refractivity contribution is 5.53. The molecule has 0 amide bonds. The molecule has 0 aliphatic heterocycles. The fourth-order valence-corrected chi connectivity index (χ4v) is 1.43. The molecular weight excluding hydrogens is 170 g/mol. The second-order valence-electron chi connectivity index (χ2n) is 3.26.